The predicted octanol–water partition coefficient (Wildman–Crippen LogP) is 4.16. The van der Waals surface area contributed by atoms with Crippen molar-refractivity contribution in [3.8, 4) is 0 Å². The summed E-state index contributed by atoms with van der Waals surface area (Å²) in [5.41, 5.74) is 2.04. The van der Waals surface area contributed by atoms with Gasteiger partial charge in [0.2, 0.25) is 0 Å². The second-order valence-corrected chi connectivity index (χ2v) is 7.58. The van der Waals surface area contributed by atoms with Crippen LogP contribution in [0.2, 0.25) is 0 Å². The Bertz CT molecular complexity index is 517. The predicted molar refractivity (Wildman–Crippen MR) is 95.9 cm³/mol. The van der Waals surface area contributed by atoms with Gasteiger partial charge < -0.3 is 0 Å². The van der Waals surface area contributed by atoms with Gasteiger partial charge in [0.25, 0.3) is 0 Å². The second kappa shape index (κ2) is 9.11. The zero-order valence-corrected chi connectivity index (χ0v) is 14.8. The molecule has 0 aromatic heterocycles. The third-order valence-corrected chi connectivity index (χ3v) is 6.17. The van der Waals surface area contributed by atoms with Gasteiger partial charge in [-0.2, -0.15) is 0 Å². The monoisotopic (exact) mass is 335 g/mol. The quantitative estimate of drug-likeness (QED) is 0.699. The maximum atomic E-state index is 11.0. The SMILES string of the molecule is CCN(CC)[PH](O)(OCc1ccccc1)OCc1ccccc1. The number of benzene rings is 2. The second-order valence-electron chi connectivity index (χ2n) is 5.27. The van der Waals surface area contributed by atoms with Crippen molar-refractivity contribution < 1.29 is 13.9 Å². The number of hydrogen-bond acceptors (Lipinski definition) is 4. The molecule has 0 radical (unpaired) electrons. The molecule has 0 fully saturated rings. The van der Waals surface area contributed by atoms with Crippen molar-refractivity contribution in [1.29, 1.82) is 0 Å². The van der Waals surface area contributed by atoms with Crippen molar-refractivity contribution in [2.24, 2.45) is 0 Å². The van der Waals surface area contributed by atoms with E-state index in [1.165, 1.54) is 0 Å². The third kappa shape index (κ3) is 5.38. The van der Waals surface area contributed by atoms with Crippen LogP contribution in [0.3, 0.4) is 0 Å². The Balaban J connectivity index is 2.05. The topological polar surface area (TPSA) is 41.9 Å². The van der Waals surface area contributed by atoms with Crippen molar-refractivity contribution in [2.45, 2.75) is 27.1 Å². The van der Waals surface area contributed by atoms with E-state index in [0.29, 0.717) is 26.3 Å². The minimum atomic E-state index is -3.41. The molecule has 1 N–H and O–H groups in total. The zero-order chi connectivity index (χ0) is 16.5. The van der Waals surface area contributed by atoms with Crippen molar-refractivity contribution >= 4 is 8.09 Å². The fraction of sp³-hybridized carbons (Fsp3) is 0.333. The summed E-state index contributed by atoms with van der Waals surface area (Å²) in [6.45, 7) is 6.05. The fourth-order valence-electron chi connectivity index (χ4n) is 2.35. The van der Waals surface area contributed by atoms with E-state index in [9.17, 15) is 4.89 Å². The van der Waals surface area contributed by atoms with E-state index in [-0.39, 0.29) is 0 Å². The number of hydrogen-bond donors (Lipinski definition) is 1. The summed E-state index contributed by atoms with van der Waals surface area (Å²) in [5.74, 6) is 0. The van der Waals surface area contributed by atoms with Crippen LogP contribution in [0.25, 0.3) is 0 Å². The molecule has 2 aromatic carbocycles. The van der Waals surface area contributed by atoms with Gasteiger partial charge in [-0.1, -0.05) is 0 Å². The molecular formula is C18H26NO3P. The van der Waals surface area contributed by atoms with E-state index in [0.717, 1.165) is 11.1 Å². The van der Waals surface area contributed by atoms with Gasteiger partial charge in [-0.05, 0) is 0 Å². The van der Waals surface area contributed by atoms with Gasteiger partial charge in [-0.15, -0.1) is 0 Å². The van der Waals surface area contributed by atoms with E-state index in [1.807, 2.05) is 79.2 Å². The summed E-state index contributed by atoms with van der Waals surface area (Å²) in [6.07, 6.45) is 0. The first kappa shape index (κ1) is 18.1. The van der Waals surface area contributed by atoms with Crippen LogP contribution in [0.15, 0.2) is 60.7 Å². The molecule has 0 heterocycles. The van der Waals surface area contributed by atoms with E-state index in [1.54, 1.807) is 0 Å². The molecule has 0 saturated heterocycles. The standard InChI is InChI=1S/C18H26NO3P/c1-3-19(4-2)23(20,21-15-17-11-7-5-8-12-17)22-16-18-13-9-6-10-14-18/h5-14,20,23H,3-4,15-16H2,1-2H3. The molecule has 2 aromatic rings. The third-order valence-electron chi connectivity index (χ3n) is 3.70. The number of rotatable bonds is 9. The van der Waals surface area contributed by atoms with Gasteiger partial charge in [-0.25, -0.2) is 0 Å². The Labute approximate surface area is 139 Å². The van der Waals surface area contributed by atoms with Gasteiger partial charge in [0.15, 0.2) is 0 Å². The van der Waals surface area contributed by atoms with Crippen LogP contribution < -0.4 is 0 Å². The molecule has 126 valence electrons. The maximum absolute atomic E-state index is 11.0. The molecule has 23 heavy (non-hydrogen) atoms. The van der Waals surface area contributed by atoms with Crippen LogP contribution in [-0.2, 0) is 22.3 Å². The van der Waals surface area contributed by atoms with Crippen LogP contribution >= 0.6 is 8.09 Å². The Morgan fingerprint density at radius 2 is 1.17 bits per heavy atom. The minimum absolute atomic E-state index is 0.342. The van der Waals surface area contributed by atoms with E-state index in [4.69, 9.17) is 9.05 Å². The van der Waals surface area contributed by atoms with Crippen LogP contribution in [0.1, 0.15) is 25.0 Å². The average molecular weight is 335 g/mol. The van der Waals surface area contributed by atoms with Gasteiger partial charge in [-0.3, -0.25) is 0 Å². The van der Waals surface area contributed by atoms with Crippen LogP contribution in [0.4, 0.5) is 0 Å². The Morgan fingerprint density at radius 1 is 0.783 bits per heavy atom. The van der Waals surface area contributed by atoms with E-state index >= 15 is 0 Å². The normalized spacial score (nSPS) is 12.5. The summed E-state index contributed by atoms with van der Waals surface area (Å²) in [4.78, 5) is 11.0. The van der Waals surface area contributed by atoms with Crippen LogP contribution in [0.5, 0.6) is 0 Å². The summed E-state index contributed by atoms with van der Waals surface area (Å²) < 4.78 is 13.6. The molecule has 5 heteroatoms. The van der Waals surface area contributed by atoms with Crippen molar-refractivity contribution in [1.82, 2.24) is 4.67 Å². The Kier molecular flexibility index (Phi) is 7.15. The van der Waals surface area contributed by atoms with Gasteiger partial charge in [0.1, 0.15) is 0 Å². The molecular weight excluding hydrogens is 309 g/mol. The first-order valence-corrected chi connectivity index (χ1v) is 9.72. The molecule has 0 aliphatic rings. The Morgan fingerprint density at radius 3 is 1.52 bits per heavy atom. The van der Waals surface area contributed by atoms with E-state index < -0.39 is 8.09 Å². The fourth-order valence-corrected chi connectivity index (χ4v) is 4.31. The molecule has 0 amide bonds. The summed E-state index contributed by atoms with van der Waals surface area (Å²) >= 11 is 0. The van der Waals surface area contributed by atoms with Crippen molar-refractivity contribution in [3.63, 3.8) is 0 Å². The molecule has 0 spiro atoms. The zero-order valence-electron chi connectivity index (χ0n) is 13.8. The van der Waals surface area contributed by atoms with Gasteiger partial charge in [0.05, 0.1) is 0 Å². The molecule has 0 saturated carbocycles. The summed E-state index contributed by atoms with van der Waals surface area (Å²) in [6, 6.07) is 19.7. The van der Waals surface area contributed by atoms with E-state index in [2.05, 4.69) is 0 Å². The molecule has 0 unspecified atom stereocenters. The molecule has 2 rings (SSSR count). The average Bonchev–Trinajstić information content (AvgIpc) is 2.61. The van der Waals surface area contributed by atoms with Crippen molar-refractivity contribution in [2.75, 3.05) is 13.1 Å². The van der Waals surface area contributed by atoms with Crippen LogP contribution in [-0.4, -0.2) is 22.7 Å². The summed E-state index contributed by atoms with van der Waals surface area (Å²) in [5, 5.41) is 0. The van der Waals surface area contributed by atoms with Crippen LogP contribution in [0, 0.1) is 0 Å². The summed E-state index contributed by atoms with van der Waals surface area (Å²) in [7, 11) is -3.41. The Hall–Kier alpha value is -1.29. The molecule has 0 bridgehead atoms. The first-order valence-electron chi connectivity index (χ1n) is 8.01. The molecule has 4 nitrogen and oxygen atoms in total. The first-order chi connectivity index (χ1) is 11.2. The van der Waals surface area contributed by atoms with Crippen molar-refractivity contribution in [3.05, 3.63) is 71.8 Å². The molecule has 0 aliphatic heterocycles. The van der Waals surface area contributed by atoms with Gasteiger partial charge >= 0.3 is 139 Å². The molecule has 0 atom stereocenters. The van der Waals surface area contributed by atoms with Gasteiger partial charge in [0, 0.05) is 0 Å². The number of nitrogens with zero attached hydrogens (tertiary/aromatic N) is 1. The molecule has 0 aliphatic carbocycles.